The van der Waals surface area contributed by atoms with E-state index in [1.807, 2.05) is 24.2 Å². The molecule has 0 aromatic carbocycles. The van der Waals surface area contributed by atoms with Crippen LogP contribution in [0.1, 0.15) is 44.7 Å². The van der Waals surface area contributed by atoms with Crippen LogP contribution in [-0.4, -0.2) is 66.5 Å². The van der Waals surface area contributed by atoms with Gasteiger partial charge in [-0.25, -0.2) is 0 Å². The zero-order valence-electron chi connectivity index (χ0n) is 17.1. The molecule has 3 rings (SSSR count). The number of rotatable bonds is 7. The van der Waals surface area contributed by atoms with E-state index < -0.39 is 0 Å². The number of carbonyl (C=O) groups excluding carboxylic acids is 1. The molecule has 2 unspecified atom stereocenters. The second-order valence-corrected chi connectivity index (χ2v) is 8.44. The summed E-state index contributed by atoms with van der Waals surface area (Å²) in [6.45, 7) is 7.69. The summed E-state index contributed by atoms with van der Waals surface area (Å²) in [5.41, 5.74) is 1.16. The molecular formula is C22H36N4O. The van der Waals surface area contributed by atoms with E-state index >= 15 is 0 Å². The van der Waals surface area contributed by atoms with E-state index in [0.717, 1.165) is 57.7 Å². The van der Waals surface area contributed by atoms with Crippen molar-refractivity contribution < 1.29 is 4.79 Å². The average Bonchev–Trinajstić information content (AvgIpc) is 2.73. The van der Waals surface area contributed by atoms with Crippen molar-refractivity contribution in [3.63, 3.8) is 0 Å². The normalized spacial score (nSPS) is 23.1. The van der Waals surface area contributed by atoms with Crippen LogP contribution in [0.3, 0.4) is 0 Å². The maximum atomic E-state index is 12.8. The Bertz CT molecular complexity index is 565. The zero-order valence-corrected chi connectivity index (χ0v) is 17.1. The summed E-state index contributed by atoms with van der Waals surface area (Å²) in [5.74, 6) is 1.47. The smallest absolute Gasteiger partial charge is 0.222 e. The van der Waals surface area contributed by atoms with E-state index in [1.54, 1.807) is 0 Å². The van der Waals surface area contributed by atoms with Gasteiger partial charge in [-0.1, -0.05) is 13.0 Å². The molecule has 0 spiro atoms. The molecule has 2 saturated heterocycles. The Morgan fingerprint density at radius 1 is 1.33 bits per heavy atom. The van der Waals surface area contributed by atoms with Crippen LogP contribution in [0, 0.1) is 11.8 Å². The van der Waals surface area contributed by atoms with Crippen LogP contribution in [0.15, 0.2) is 24.4 Å². The van der Waals surface area contributed by atoms with Gasteiger partial charge in [0.2, 0.25) is 5.91 Å². The van der Waals surface area contributed by atoms with Crippen LogP contribution in [0.4, 0.5) is 0 Å². The lowest BCUT2D eigenvalue weighted by molar-refractivity contribution is -0.134. The van der Waals surface area contributed by atoms with Crippen LogP contribution in [0.5, 0.6) is 0 Å². The van der Waals surface area contributed by atoms with Gasteiger partial charge in [-0.15, -0.1) is 0 Å². The lowest BCUT2D eigenvalue weighted by Gasteiger charge is -2.37. The topological polar surface area (TPSA) is 48.5 Å². The third-order valence-corrected chi connectivity index (χ3v) is 6.54. The molecular weight excluding hydrogens is 336 g/mol. The van der Waals surface area contributed by atoms with E-state index in [1.165, 1.54) is 12.8 Å². The summed E-state index contributed by atoms with van der Waals surface area (Å²) < 4.78 is 0. The molecule has 0 aliphatic carbocycles. The molecule has 2 fully saturated rings. The second-order valence-electron chi connectivity index (χ2n) is 8.44. The molecule has 3 heterocycles. The van der Waals surface area contributed by atoms with Gasteiger partial charge in [-0.05, 0) is 62.7 Å². The average molecular weight is 373 g/mol. The highest BCUT2D eigenvalue weighted by Crippen LogP contribution is 2.24. The summed E-state index contributed by atoms with van der Waals surface area (Å²) in [7, 11) is 2.02. The number of likely N-dealkylation sites (tertiary alicyclic amines) is 1. The van der Waals surface area contributed by atoms with Gasteiger partial charge in [0.25, 0.3) is 0 Å². The predicted octanol–water partition coefficient (Wildman–Crippen LogP) is 2.57. The van der Waals surface area contributed by atoms with Gasteiger partial charge in [-0.2, -0.15) is 0 Å². The summed E-state index contributed by atoms with van der Waals surface area (Å²) in [5, 5.41) is 3.48. The molecule has 27 heavy (non-hydrogen) atoms. The Morgan fingerprint density at radius 3 is 2.81 bits per heavy atom. The number of carbonyl (C=O) groups is 1. The number of nitrogens with one attached hydrogen (secondary N) is 1. The second kappa shape index (κ2) is 10.2. The first-order valence-electron chi connectivity index (χ1n) is 10.7. The van der Waals surface area contributed by atoms with E-state index in [4.69, 9.17) is 0 Å². The monoisotopic (exact) mass is 372 g/mol. The van der Waals surface area contributed by atoms with Crippen molar-refractivity contribution in [2.45, 2.75) is 51.5 Å². The van der Waals surface area contributed by atoms with Gasteiger partial charge in [-0.3, -0.25) is 9.78 Å². The highest BCUT2D eigenvalue weighted by molar-refractivity contribution is 5.76. The molecule has 0 bridgehead atoms. The molecule has 150 valence electrons. The fourth-order valence-electron chi connectivity index (χ4n) is 4.50. The Kier molecular flexibility index (Phi) is 7.65. The van der Waals surface area contributed by atoms with Gasteiger partial charge in [0.1, 0.15) is 0 Å². The van der Waals surface area contributed by atoms with Crippen LogP contribution in [0.2, 0.25) is 0 Å². The SMILES string of the molecule is CC(CC(=O)N(C)C1CCN(CCc2ccccn2)CC1)C1CCCNC1. The first-order valence-corrected chi connectivity index (χ1v) is 10.7. The number of nitrogens with zero attached hydrogens (tertiary/aromatic N) is 3. The van der Waals surface area contributed by atoms with Crippen molar-refractivity contribution >= 4 is 5.91 Å². The number of aromatic nitrogens is 1. The molecule has 2 aliphatic rings. The van der Waals surface area contributed by atoms with Gasteiger partial charge >= 0.3 is 0 Å². The molecule has 5 nitrogen and oxygen atoms in total. The fraction of sp³-hybridized carbons (Fsp3) is 0.727. The van der Waals surface area contributed by atoms with E-state index in [-0.39, 0.29) is 0 Å². The van der Waals surface area contributed by atoms with Gasteiger partial charge in [0.15, 0.2) is 0 Å². The molecule has 0 radical (unpaired) electrons. The molecule has 5 heteroatoms. The van der Waals surface area contributed by atoms with Crippen molar-refractivity contribution in [2.24, 2.45) is 11.8 Å². The van der Waals surface area contributed by atoms with Gasteiger partial charge in [0.05, 0.1) is 0 Å². The van der Waals surface area contributed by atoms with E-state index in [0.29, 0.717) is 30.2 Å². The quantitative estimate of drug-likeness (QED) is 0.799. The Balaban J connectivity index is 1.38. The fourth-order valence-corrected chi connectivity index (χ4v) is 4.50. The lowest BCUT2D eigenvalue weighted by Crippen LogP contribution is -2.46. The summed E-state index contributed by atoms with van der Waals surface area (Å²) >= 11 is 0. The van der Waals surface area contributed by atoms with Crippen LogP contribution < -0.4 is 5.32 Å². The summed E-state index contributed by atoms with van der Waals surface area (Å²) in [6, 6.07) is 6.52. The largest absolute Gasteiger partial charge is 0.343 e. The molecule has 1 N–H and O–H groups in total. The predicted molar refractivity (Wildman–Crippen MR) is 110 cm³/mol. The van der Waals surface area contributed by atoms with Crippen molar-refractivity contribution in [3.8, 4) is 0 Å². The first-order chi connectivity index (χ1) is 13.1. The third kappa shape index (κ3) is 6.01. The minimum atomic E-state index is 0.333. The van der Waals surface area contributed by atoms with Crippen molar-refractivity contribution in [1.29, 1.82) is 0 Å². The first kappa shape index (κ1) is 20.3. The number of hydrogen-bond donors (Lipinski definition) is 1. The molecule has 1 aromatic rings. The molecule has 1 amide bonds. The highest BCUT2D eigenvalue weighted by atomic mass is 16.2. The van der Waals surface area contributed by atoms with E-state index in [2.05, 4.69) is 34.3 Å². The maximum absolute atomic E-state index is 12.8. The summed E-state index contributed by atoms with van der Waals surface area (Å²) in [6.07, 6.45) is 8.26. The zero-order chi connectivity index (χ0) is 19.1. The Morgan fingerprint density at radius 2 is 2.15 bits per heavy atom. The number of hydrogen-bond acceptors (Lipinski definition) is 4. The van der Waals surface area contributed by atoms with Crippen molar-refractivity contribution in [2.75, 3.05) is 39.8 Å². The molecule has 2 aliphatic heterocycles. The molecule has 0 saturated carbocycles. The number of piperidine rings is 2. The maximum Gasteiger partial charge on any atom is 0.222 e. The minimum absolute atomic E-state index is 0.333. The van der Waals surface area contributed by atoms with Crippen molar-refractivity contribution in [1.82, 2.24) is 20.1 Å². The Hall–Kier alpha value is -1.46. The van der Waals surface area contributed by atoms with Gasteiger partial charge in [0, 0.05) is 57.5 Å². The lowest BCUT2D eigenvalue weighted by atomic mass is 9.85. The highest BCUT2D eigenvalue weighted by Gasteiger charge is 2.28. The van der Waals surface area contributed by atoms with E-state index in [9.17, 15) is 4.79 Å². The number of pyridine rings is 1. The molecule has 1 aromatic heterocycles. The summed E-state index contributed by atoms with van der Waals surface area (Å²) in [4.78, 5) is 21.7. The standard InChI is InChI=1S/C22H36N4O/c1-18(19-6-5-11-23-17-19)16-22(27)25(2)21-9-14-26(15-10-21)13-8-20-7-3-4-12-24-20/h3-4,7,12,18-19,21,23H,5-6,8-11,13-17H2,1-2H3. The third-order valence-electron chi connectivity index (χ3n) is 6.54. The van der Waals surface area contributed by atoms with Crippen LogP contribution in [0.25, 0.3) is 0 Å². The minimum Gasteiger partial charge on any atom is -0.343 e. The van der Waals surface area contributed by atoms with Crippen LogP contribution >= 0.6 is 0 Å². The Labute approximate surface area is 164 Å². The van der Waals surface area contributed by atoms with Crippen molar-refractivity contribution in [3.05, 3.63) is 30.1 Å². The van der Waals surface area contributed by atoms with Crippen LogP contribution in [-0.2, 0) is 11.2 Å². The van der Waals surface area contributed by atoms with Gasteiger partial charge < -0.3 is 15.1 Å². The molecule has 2 atom stereocenters. The number of amides is 1.